The van der Waals surface area contributed by atoms with Gasteiger partial charge in [0, 0.05) is 46.8 Å². The molecule has 0 unspecified atom stereocenters. The van der Waals surface area contributed by atoms with Crippen LogP contribution in [-0.4, -0.2) is 4.57 Å². The molecule has 0 amide bonds. The van der Waals surface area contributed by atoms with Crippen LogP contribution in [0.1, 0.15) is 10.6 Å². The average Bonchev–Trinajstić information content (AvgIpc) is 2.77. The number of thiophene rings is 1. The summed E-state index contributed by atoms with van der Waals surface area (Å²) in [6, 6.07) is 6.36. The molecule has 80 valence electrons. The van der Waals surface area contributed by atoms with Crippen molar-refractivity contribution in [3.8, 4) is 0 Å². The molecule has 0 spiro atoms. The molecule has 0 radical (unpaired) electrons. The third-order valence-electron chi connectivity index (χ3n) is 2.28. The highest BCUT2D eigenvalue weighted by Crippen LogP contribution is 2.19. The van der Waals surface area contributed by atoms with E-state index in [1.807, 2.05) is 0 Å². The molecule has 0 aromatic carbocycles. The van der Waals surface area contributed by atoms with Gasteiger partial charge in [-0.15, -0.1) is 11.3 Å². The van der Waals surface area contributed by atoms with Crippen molar-refractivity contribution < 1.29 is 0 Å². The topological polar surface area (TPSA) is 17.0 Å². The molecule has 0 atom stereocenters. The summed E-state index contributed by atoms with van der Waals surface area (Å²) in [6.07, 6.45) is 2.07. The smallest absolute Gasteiger partial charge is 0.0362 e. The van der Waals surface area contributed by atoms with Crippen molar-refractivity contribution in [2.45, 2.75) is 13.1 Å². The Labute approximate surface area is 102 Å². The molecule has 0 fully saturated rings. The van der Waals surface area contributed by atoms with Crippen molar-refractivity contribution >= 4 is 27.3 Å². The molecule has 2 aromatic rings. The minimum atomic E-state index is 0.916. The molecular weight excluding hydrogens is 272 g/mol. The Morgan fingerprint density at radius 3 is 2.93 bits per heavy atom. The number of rotatable bonds is 4. The van der Waals surface area contributed by atoms with Crippen LogP contribution in [-0.2, 0) is 20.1 Å². The molecule has 0 saturated carbocycles. The minimum Gasteiger partial charge on any atom is -0.353 e. The third kappa shape index (κ3) is 2.93. The van der Waals surface area contributed by atoms with Gasteiger partial charge in [-0.3, -0.25) is 0 Å². The van der Waals surface area contributed by atoms with Crippen molar-refractivity contribution in [3.05, 3.63) is 44.8 Å². The van der Waals surface area contributed by atoms with E-state index in [1.54, 1.807) is 11.3 Å². The maximum absolute atomic E-state index is 3.45. The van der Waals surface area contributed by atoms with Crippen LogP contribution in [0.2, 0.25) is 0 Å². The van der Waals surface area contributed by atoms with E-state index < -0.39 is 0 Å². The zero-order valence-corrected chi connectivity index (χ0v) is 10.9. The van der Waals surface area contributed by atoms with Crippen LogP contribution in [0.15, 0.2) is 34.2 Å². The van der Waals surface area contributed by atoms with E-state index in [4.69, 9.17) is 0 Å². The summed E-state index contributed by atoms with van der Waals surface area (Å²) in [6.45, 7) is 1.85. The summed E-state index contributed by atoms with van der Waals surface area (Å²) in [5.41, 5.74) is 1.31. The quantitative estimate of drug-likeness (QED) is 0.913. The second-order valence-corrected chi connectivity index (χ2v) is 5.36. The number of nitrogens with one attached hydrogen (secondary N) is 1. The van der Waals surface area contributed by atoms with Crippen LogP contribution >= 0.6 is 27.3 Å². The lowest BCUT2D eigenvalue weighted by Gasteiger charge is -2.04. The molecule has 1 N–H and O–H groups in total. The van der Waals surface area contributed by atoms with Crippen LogP contribution in [0.3, 0.4) is 0 Å². The molecule has 0 aliphatic rings. The van der Waals surface area contributed by atoms with E-state index in [1.165, 1.54) is 15.0 Å². The van der Waals surface area contributed by atoms with Crippen molar-refractivity contribution in [1.82, 2.24) is 9.88 Å². The fraction of sp³-hybridized carbons (Fsp3) is 0.273. The molecule has 0 bridgehead atoms. The highest BCUT2D eigenvalue weighted by Gasteiger charge is 1.99. The van der Waals surface area contributed by atoms with Crippen LogP contribution in [0.5, 0.6) is 0 Å². The lowest BCUT2D eigenvalue weighted by molar-refractivity contribution is 0.660. The molecule has 15 heavy (non-hydrogen) atoms. The Hall–Kier alpha value is -0.580. The van der Waals surface area contributed by atoms with E-state index >= 15 is 0 Å². The summed E-state index contributed by atoms with van der Waals surface area (Å²) < 4.78 is 3.31. The Morgan fingerprint density at radius 2 is 2.33 bits per heavy atom. The van der Waals surface area contributed by atoms with Gasteiger partial charge in [0.05, 0.1) is 0 Å². The van der Waals surface area contributed by atoms with E-state index in [0.717, 1.165) is 13.1 Å². The summed E-state index contributed by atoms with van der Waals surface area (Å²) in [5, 5.41) is 5.54. The van der Waals surface area contributed by atoms with Gasteiger partial charge in [-0.05, 0) is 34.1 Å². The summed E-state index contributed by atoms with van der Waals surface area (Å²) in [7, 11) is 2.07. The third-order valence-corrected chi connectivity index (χ3v) is 3.98. The van der Waals surface area contributed by atoms with Gasteiger partial charge in [-0.25, -0.2) is 0 Å². The van der Waals surface area contributed by atoms with Gasteiger partial charge < -0.3 is 9.88 Å². The Balaban J connectivity index is 1.83. The molecule has 0 aliphatic carbocycles. The van der Waals surface area contributed by atoms with Crippen LogP contribution in [0, 0.1) is 0 Å². The number of hydrogen-bond acceptors (Lipinski definition) is 2. The molecule has 2 heterocycles. The predicted octanol–water partition coefficient (Wildman–Crippen LogP) is 3.14. The number of aryl methyl sites for hydroxylation is 1. The molecule has 0 saturated heterocycles. The number of aromatic nitrogens is 1. The zero-order chi connectivity index (χ0) is 10.7. The Morgan fingerprint density at radius 1 is 1.47 bits per heavy atom. The SMILES string of the molecule is Cn1cccc1CNCc1cc(Br)cs1. The molecule has 0 aliphatic heterocycles. The minimum absolute atomic E-state index is 0.916. The molecular formula is C11H13BrN2S. The van der Waals surface area contributed by atoms with Crippen molar-refractivity contribution in [2.75, 3.05) is 0 Å². The zero-order valence-electron chi connectivity index (χ0n) is 8.53. The van der Waals surface area contributed by atoms with Gasteiger partial charge >= 0.3 is 0 Å². The van der Waals surface area contributed by atoms with Crippen molar-refractivity contribution in [3.63, 3.8) is 0 Å². The monoisotopic (exact) mass is 284 g/mol. The fourth-order valence-electron chi connectivity index (χ4n) is 1.44. The molecule has 2 rings (SSSR count). The Kier molecular flexibility index (Phi) is 3.61. The normalized spacial score (nSPS) is 10.8. The van der Waals surface area contributed by atoms with Gasteiger partial charge in [0.15, 0.2) is 0 Å². The van der Waals surface area contributed by atoms with E-state index in [-0.39, 0.29) is 0 Å². The second-order valence-electron chi connectivity index (χ2n) is 3.45. The van der Waals surface area contributed by atoms with Crippen LogP contribution in [0.4, 0.5) is 0 Å². The van der Waals surface area contributed by atoms with E-state index in [0.29, 0.717) is 0 Å². The fourth-order valence-corrected chi connectivity index (χ4v) is 2.86. The first kappa shape index (κ1) is 10.9. The van der Waals surface area contributed by atoms with Crippen LogP contribution < -0.4 is 5.32 Å². The second kappa shape index (κ2) is 4.96. The van der Waals surface area contributed by atoms with E-state index in [9.17, 15) is 0 Å². The Bertz CT molecular complexity index is 433. The first-order valence-corrected chi connectivity index (χ1v) is 6.47. The molecule has 2 aromatic heterocycles. The summed E-state index contributed by atoms with van der Waals surface area (Å²) in [4.78, 5) is 1.36. The average molecular weight is 285 g/mol. The number of halogens is 1. The number of hydrogen-bond donors (Lipinski definition) is 1. The largest absolute Gasteiger partial charge is 0.353 e. The maximum atomic E-state index is 3.45. The van der Waals surface area contributed by atoms with Crippen LogP contribution in [0.25, 0.3) is 0 Å². The standard InChI is InChI=1S/C11H13BrN2S/c1-14-4-2-3-10(14)6-13-7-11-5-9(12)8-15-11/h2-5,8,13H,6-7H2,1H3. The highest BCUT2D eigenvalue weighted by atomic mass is 79.9. The van der Waals surface area contributed by atoms with Gasteiger partial charge in [-0.2, -0.15) is 0 Å². The lowest BCUT2D eigenvalue weighted by atomic mass is 10.4. The van der Waals surface area contributed by atoms with Gasteiger partial charge in [0.25, 0.3) is 0 Å². The molecule has 2 nitrogen and oxygen atoms in total. The first-order chi connectivity index (χ1) is 7.25. The van der Waals surface area contributed by atoms with E-state index in [2.05, 4.69) is 62.6 Å². The summed E-state index contributed by atoms with van der Waals surface area (Å²) >= 11 is 5.23. The molecule has 4 heteroatoms. The number of nitrogens with zero attached hydrogens (tertiary/aromatic N) is 1. The lowest BCUT2D eigenvalue weighted by Crippen LogP contribution is -2.13. The van der Waals surface area contributed by atoms with Crippen molar-refractivity contribution in [2.24, 2.45) is 7.05 Å². The van der Waals surface area contributed by atoms with Gasteiger partial charge in [-0.1, -0.05) is 0 Å². The predicted molar refractivity (Wildman–Crippen MR) is 68.0 cm³/mol. The maximum Gasteiger partial charge on any atom is 0.0362 e. The summed E-state index contributed by atoms with van der Waals surface area (Å²) in [5.74, 6) is 0. The van der Waals surface area contributed by atoms with Gasteiger partial charge in [0.2, 0.25) is 0 Å². The first-order valence-electron chi connectivity index (χ1n) is 4.79. The highest BCUT2D eigenvalue weighted by molar-refractivity contribution is 9.10. The van der Waals surface area contributed by atoms with Gasteiger partial charge in [0.1, 0.15) is 0 Å². The van der Waals surface area contributed by atoms with Crippen molar-refractivity contribution in [1.29, 1.82) is 0 Å².